The predicted molar refractivity (Wildman–Crippen MR) is 80.9 cm³/mol. The first kappa shape index (κ1) is 15.2. The van der Waals surface area contributed by atoms with Crippen molar-refractivity contribution >= 4 is 5.78 Å². The zero-order valence-corrected chi connectivity index (χ0v) is 12.1. The van der Waals surface area contributed by atoms with Crippen molar-refractivity contribution in [3.63, 3.8) is 0 Å². The van der Waals surface area contributed by atoms with Crippen LogP contribution in [0.4, 0.5) is 0 Å². The molecular weight excluding hydrogens is 250 g/mol. The zero-order chi connectivity index (χ0) is 14.2. The summed E-state index contributed by atoms with van der Waals surface area (Å²) in [5, 5.41) is 9.09. The standard InChI is InChI=1S/C17H25NO2/c19-14-8-11-16(18-12-6-1-2-7-13-18)17(20)15-9-4-3-5-10-15/h3-5,9-10,16,19H,1-2,6-8,11-14H2. The normalized spacial score (nSPS) is 18.4. The summed E-state index contributed by atoms with van der Waals surface area (Å²) >= 11 is 0. The van der Waals surface area contributed by atoms with Gasteiger partial charge in [-0.05, 0) is 38.8 Å². The number of hydrogen-bond donors (Lipinski definition) is 1. The molecule has 0 spiro atoms. The Balaban J connectivity index is 2.11. The maximum absolute atomic E-state index is 12.7. The Morgan fingerprint density at radius 3 is 2.35 bits per heavy atom. The summed E-state index contributed by atoms with van der Waals surface area (Å²) in [6.45, 7) is 2.18. The van der Waals surface area contributed by atoms with Gasteiger partial charge in [0.05, 0.1) is 6.04 Å². The highest BCUT2D eigenvalue weighted by molar-refractivity contribution is 6.00. The van der Waals surface area contributed by atoms with Gasteiger partial charge in [0, 0.05) is 12.2 Å². The number of aliphatic hydroxyl groups excluding tert-OH is 1. The summed E-state index contributed by atoms with van der Waals surface area (Å²) in [4.78, 5) is 15.1. The van der Waals surface area contributed by atoms with Crippen molar-refractivity contribution in [2.45, 2.75) is 44.6 Å². The predicted octanol–water partition coefficient (Wildman–Crippen LogP) is 2.89. The van der Waals surface area contributed by atoms with Crippen LogP contribution in [0.25, 0.3) is 0 Å². The van der Waals surface area contributed by atoms with Gasteiger partial charge in [0.15, 0.2) is 5.78 Å². The molecule has 1 atom stereocenters. The van der Waals surface area contributed by atoms with Crippen LogP contribution in [-0.2, 0) is 0 Å². The lowest BCUT2D eigenvalue weighted by Crippen LogP contribution is -2.42. The number of rotatable bonds is 6. The molecule has 0 aromatic heterocycles. The minimum Gasteiger partial charge on any atom is -0.396 e. The molecule has 3 nitrogen and oxygen atoms in total. The van der Waals surface area contributed by atoms with Crippen LogP contribution in [0.2, 0.25) is 0 Å². The molecule has 1 heterocycles. The molecule has 0 amide bonds. The molecular formula is C17H25NO2. The van der Waals surface area contributed by atoms with Gasteiger partial charge >= 0.3 is 0 Å². The quantitative estimate of drug-likeness (QED) is 0.812. The summed E-state index contributed by atoms with van der Waals surface area (Å²) in [6, 6.07) is 9.49. The number of aliphatic hydroxyl groups is 1. The van der Waals surface area contributed by atoms with Crippen molar-refractivity contribution in [3.05, 3.63) is 35.9 Å². The van der Waals surface area contributed by atoms with Gasteiger partial charge in [-0.15, -0.1) is 0 Å². The van der Waals surface area contributed by atoms with Gasteiger partial charge in [-0.25, -0.2) is 0 Å². The van der Waals surface area contributed by atoms with Gasteiger partial charge in [0.25, 0.3) is 0 Å². The molecule has 0 radical (unpaired) electrons. The molecule has 20 heavy (non-hydrogen) atoms. The molecule has 2 rings (SSSR count). The van der Waals surface area contributed by atoms with Crippen molar-refractivity contribution in [2.24, 2.45) is 0 Å². The molecule has 0 saturated carbocycles. The van der Waals surface area contributed by atoms with Gasteiger partial charge in [0.1, 0.15) is 0 Å². The van der Waals surface area contributed by atoms with E-state index in [9.17, 15) is 4.79 Å². The Morgan fingerprint density at radius 2 is 1.75 bits per heavy atom. The average molecular weight is 275 g/mol. The number of carbonyl (C=O) groups is 1. The van der Waals surface area contributed by atoms with Gasteiger partial charge in [0.2, 0.25) is 0 Å². The maximum Gasteiger partial charge on any atom is 0.179 e. The molecule has 1 aromatic rings. The molecule has 1 aromatic carbocycles. The van der Waals surface area contributed by atoms with E-state index < -0.39 is 0 Å². The van der Waals surface area contributed by atoms with Crippen LogP contribution in [0, 0.1) is 0 Å². The number of hydrogen-bond acceptors (Lipinski definition) is 3. The fourth-order valence-electron chi connectivity index (χ4n) is 2.97. The molecule has 3 heteroatoms. The largest absolute Gasteiger partial charge is 0.396 e. The smallest absolute Gasteiger partial charge is 0.179 e. The van der Waals surface area contributed by atoms with E-state index in [1.807, 2.05) is 30.3 Å². The fraction of sp³-hybridized carbons (Fsp3) is 0.588. The molecule has 110 valence electrons. The van der Waals surface area contributed by atoms with E-state index in [1.165, 1.54) is 25.7 Å². The van der Waals surface area contributed by atoms with Gasteiger partial charge < -0.3 is 5.11 Å². The van der Waals surface area contributed by atoms with E-state index in [0.717, 1.165) is 25.1 Å². The van der Waals surface area contributed by atoms with Crippen LogP contribution in [0.15, 0.2) is 30.3 Å². The second-order valence-corrected chi connectivity index (χ2v) is 5.56. The van der Waals surface area contributed by atoms with Crippen LogP contribution in [-0.4, -0.2) is 41.5 Å². The molecule has 1 unspecified atom stereocenters. The summed E-state index contributed by atoms with van der Waals surface area (Å²) in [6.07, 6.45) is 6.34. The van der Waals surface area contributed by atoms with Crippen LogP contribution in [0.5, 0.6) is 0 Å². The number of likely N-dealkylation sites (tertiary alicyclic amines) is 1. The summed E-state index contributed by atoms with van der Waals surface area (Å²) in [5.41, 5.74) is 0.791. The van der Waals surface area contributed by atoms with Crippen LogP contribution < -0.4 is 0 Å². The number of nitrogens with zero attached hydrogens (tertiary/aromatic N) is 1. The van der Waals surface area contributed by atoms with Gasteiger partial charge in [-0.3, -0.25) is 9.69 Å². The minimum atomic E-state index is -0.0670. The first-order chi connectivity index (χ1) is 9.83. The van der Waals surface area contributed by atoms with E-state index in [0.29, 0.717) is 6.42 Å². The van der Waals surface area contributed by atoms with Crippen molar-refractivity contribution in [3.8, 4) is 0 Å². The number of ketones is 1. The number of carbonyl (C=O) groups excluding carboxylic acids is 1. The Labute approximate surface area is 121 Å². The maximum atomic E-state index is 12.7. The van der Waals surface area contributed by atoms with Crippen molar-refractivity contribution in [1.29, 1.82) is 0 Å². The number of Topliss-reactive ketones (excluding diaryl/α,β-unsaturated/α-hetero) is 1. The fourth-order valence-corrected chi connectivity index (χ4v) is 2.97. The Morgan fingerprint density at radius 1 is 1.10 bits per heavy atom. The van der Waals surface area contributed by atoms with Crippen LogP contribution >= 0.6 is 0 Å². The second-order valence-electron chi connectivity index (χ2n) is 5.56. The van der Waals surface area contributed by atoms with E-state index in [1.54, 1.807) is 0 Å². The van der Waals surface area contributed by atoms with Crippen molar-refractivity contribution in [1.82, 2.24) is 4.90 Å². The summed E-state index contributed by atoms with van der Waals surface area (Å²) < 4.78 is 0. The molecule has 0 aliphatic carbocycles. The van der Waals surface area contributed by atoms with Crippen molar-refractivity contribution in [2.75, 3.05) is 19.7 Å². The molecule has 1 saturated heterocycles. The topological polar surface area (TPSA) is 40.5 Å². The lowest BCUT2D eigenvalue weighted by molar-refractivity contribution is 0.0798. The second kappa shape index (κ2) is 8.18. The first-order valence-corrected chi connectivity index (χ1v) is 7.77. The third-order valence-electron chi connectivity index (χ3n) is 4.08. The van der Waals surface area contributed by atoms with Gasteiger partial charge in [-0.2, -0.15) is 0 Å². The molecule has 0 bridgehead atoms. The molecule has 1 aliphatic heterocycles. The highest BCUT2D eigenvalue weighted by atomic mass is 16.3. The zero-order valence-electron chi connectivity index (χ0n) is 12.1. The van der Waals surface area contributed by atoms with E-state index in [2.05, 4.69) is 4.90 Å². The summed E-state index contributed by atoms with van der Waals surface area (Å²) in [7, 11) is 0. The highest BCUT2D eigenvalue weighted by Gasteiger charge is 2.26. The lowest BCUT2D eigenvalue weighted by atomic mass is 9.98. The Bertz CT molecular complexity index is 397. The van der Waals surface area contributed by atoms with Gasteiger partial charge in [-0.1, -0.05) is 43.2 Å². The average Bonchev–Trinajstić information content (AvgIpc) is 2.77. The lowest BCUT2D eigenvalue weighted by Gasteiger charge is -2.29. The first-order valence-electron chi connectivity index (χ1n) is 7.77. The van der Waals surface area contributed by atoms with E-state index in [4.69, 9.17) is 5.11 Å². The Kier molecular flexibility index (Phi) is 6.22. The third kappa shape index (κ3) is 4.15. The monoisotopic (exact) mass is 275 g/mol. The van der Waals surface area contributed by atoms with Crippen LogP contribution in [0.3, 0.4) is 0 Å². The third-order valence-corrected chi connectivity index (χ3v) is 4.08. The molecule has 1 fully saturated rings. The molecule has 1 aliphatic rings. The molecule has 1 N–H and O–H groups in total. The SMILES string of the molecule is O=C(c1ccccc1)C(CCCO)N1CCCCCC1. The van der Waals surface area contributed by atoms with Crippen LogP contribution in [0.1, 0.15) is 48.9 Å². The van der Waals surface area contributed by atoms with E-state index >= 15 is 0 Å². The van der Waals surface area contributed by atoms with E-state index in [-0.39, 0.29) is 18.4 Å². The van der Waals surface area contributed by atoms with Crippen molar-refractivity contribution < 1.29 is 9.90 Å². The summed E-state index contributed by atoms with van der Waals surface area (Å²) in [5.74, 6) is 0.209. The Hall–Kier alpha value is -1.19. The number of benzene rings is 1. The minimum absolute atomic E-state index is 0.0670. The highest BCUT2D eigenvalue weighted by Crippen LogP contribution is 2.19.